The fourth-order valence-electron chi connectivity index (χ4n) is 5.90. The summed E-state index contributed by atoms with van der Waals surface area (Å²) in [4.78, 5) is 45.5. The standard InChI is InChI=1S/C38H50N6O4/c1-9-21-43(35(45)47-37(3,4)5)25(2)33-39-24-31(42-33)28-18-15-26(16-19-28)12-10-13-27-17-20-29-30(23-27)41-34(40-29)32-14-11-22-44(32)36(46)48-38(6,7)8/h10,12,15-20,23-25,32H,9,11,13-14,21-22H2,1-8H3,(H,39,42)(H,40,41)/t25-,32-/m0/s1. The summed E-state index contributed by atoms with van der Waals surface area (Å²) in [6.45, 7) is 16.5. The maximum Gasteiger partial charge on any atom is 0.410 e. The van der Waals surface area contributed by atoms with Crippen molar-refractivity contribution in [2.24, 2.45) is 0 Å². The van der Waals surface area contributed by atoms with Crippen molar-refractivity contribution in [1.29, 1.82) is 0 Å². The SMILES string of the molecule is CCCN(C(=O)OC(C)(C)C)[C@@H](C)c1ncc(-c2ccc(C=CCc3ccc4nc([C@@H]5CCCN5C(=O)OC(C)(C)C)[nH]c4c3)cc2)[nH]1. The van der Waals surface area contributed by atoms with Gasteiger partial charge in [-0.25, -0.2) is 19.6 Å². The quantitative estimate of drug-likeness (QED) is 0.186. The number of nitrogens with one attached hydrogen (secondary N) is 2. The molecule has 3 heterocycles. The summed E-state index contributed by atoms with van der Waals surface area (Å²) in [6.07, 6.45) is 8.84. The van der Waals surface area contributed by atoms with E-state index >= 15 is 0 Å². The summed E-state index contributed by atoms with van der Waals surface area (Å²) >= 11 is 0. The molecule has 1 aliphatic rings. The molecule has 256 valence electrons. The molecule has 2 amide bonds. The van der Waals surface area contributed by atoms with Gasteiger partial charge in [0.15, 0.2) is 0 Å². The van der Waals surface area contributed by atoms with Gasteiger partial charge >= 0.3 is 12.2 Å². The molecule has 1 saturated heterocycles. The molecule has 10 heteroatoms. The highest BCUT2D eigenvalue weighted by molar-refractivity contribution is 5.77. The molecular formula is C38H50N6O4. The van der Waals surface area contributed by atoms with Crippen molar-refractivity contribution in [2.45, 2.75) is 104 Å². The van der Waals surface area contributed by atoms with E-state index in [1.54, 1.807) is 9.80 Å². The van der Waals surface area contributed by atoms with Crippen LogP contribution in [0.3, 0.4) is 0 Å². The van der Waals surface area contributed by atoms with Gasteiger partial charge in [0.2, 0.25) is 0 Å². The first-order valence-corrected chi connectivity index (χ1v) is 17.0. The van der Waals surface area contributed by atoms with Gasteiger partial charge in [0, 0.05) is 13.1 Å². The third-order valence-corrected chi connectivity index (χ3v) is 8.20. The van der Waals surface area contributed by atoms with E-state index in [4.69, 9.17) is 14.5 Å². The molecule has 1 aliphatic heterocycles. The molecule has 5 rings (SSSR count). The molecule has 2 atom stereocenters. The number of imidazole rings is 2. The lowest BCUT2D eigenvalue weighted by molar-refractivity contribution is 0.0164. The highest BCUT2D eigenvalue weighted by Gasteiger charge is 2.35. The Balaban J connectivity index is 1.20. The molecule has 0 radical (unpaired) electrons. The molecule has 0 saturated carbocycles. The van der Waals surface area contributed by atoms with Gasteiger partial charge in [-0.05, 0) is 103 Å². The molecule has 4 aromatic rings. The van der Waals surface area contributed by atoms with Crippen LogP contribution in [0.4, 0.5) is 9.59 Å². The lowest BCUT2D eigenvalue weighted by atomic mass is 10.1. The van der Waals surface area contributed by atoms with Crippen LogP contribution in [0.25, 0.3) is 28.4 Å². The van der Waals surface area contributed by atoms with Crippen LogP contribution in [-0.4, -0.2) is 66.2 Å². The third kappa shape index (κ3) is 8.65. The number of likely N-dealkylation sites (tertiary alicyclic amines) is 1. The van der Waals surface area contributed by atoms with Gasteiger partial charge in [-0.1, -0.05) is 49.4 Å². The first-order chi connectivity index (χ1) is 22.7. The molecule has 2 N–H and O–H groups in total. The summed E-state index contributed by atoms with van der Waals surface area (Å²) in [6, 6.07) is 14.2. The Bertz CT molecular complexity index is 1740. The number of allylic oxidation sites excluding steroid dienone is 1. The summed E-state index contributed by atoms with van der Waals surface area (Å²) < 4.78 is 11.3. The largest absolute Gasteiger partial charge is 0.444 e. The molecular weight excluding hydrogens is 604 g/mol. The second-order valence-corrected chi connectivity index (χ2v) is 14.6. The number of carbonyl (C=O) groups is 2. The lowest BCUT2D eigenvalue weighted by Gasteiger charge is -2.30. The highest BCUT2D eigenvalue weighted by atomic mass is 16.6. The number of benzene rings is 2. The Morgan fingerprint density at radius 2 is 1.77 bits per heavy atom. The van der Waals surface area contributed by atoms with Crippen LogP contribution in [0, 0.1) is 0 Å². The van der Waals surface area contributed by atoms with Gasteiger partial charge in [-0.15, -0.1) is 0 Å². The van der Waals surface area contributed by atoms with Crippen molar-refractivity contribution in [1.82, 2.24) is 29.7 Å². The first-order valence-electron chi connectivity index (χ1n) is 17.0. The predicted molar refractivity (Wildman–Crippen MR) is 189 cm³/mol. The van der Waals surface area contributed by atoms with Crippen LogP contribution in [0.5, 0.6) is 0 Å². The van der Waals surface area contributed by atoms with Crippen LogP contribution >= 0.6 is 0 Å². The summed E-state index contributed by atoms with van der Waals surface area (Å²) in [5.41, 5.74) is 4.94. The van der Waals surface area contributed by atoms with E-state index in [-0.39, 0.29) is 24.3 Å². The van der Waals surface area contributed by atoms with E-state index in [9.17, 15) is 9.59 Å². The van der Waals surface area contributed by atoms with Crippen LogP contribution in [-0.2, 0) is 15.9 Å². The highest BCUT2D eigenvalue weighted by Crippen LogP contribution is 2.33. The Morgan fingerprint density at radius 3 is 2.46 bits per heavy atom. The summed E-state index contributed by atoms with van der Waals surface area (Å²) in [5, 5.41) is 0. The van der Waals surface area contributed by atoms with Gasteiger partial charge in [0.25, 0.3) is 0 Å². The summed E-state index contributed by atoms with van der Waals surface area (Å²) in [7, 11) is 0. The molecule has 0 spiro atoms. The maximum atomic E-state index is 12.9. The fraction of sp³-hybridized carbons (Fsp3) is 0.474. The Morgan fingerprint density at radius 1 is 1.04 bits per heavy atom. The zero-order chi connectivity index (χ0) is 34.6. The van der Waals surface area contributed by atoms with E-state index in [2.05, 4.69) is 63.5 Å². The van der Waals surface area contributed by atoms with E-state index in [1.807, 2.05) is 67.7 Å². The number of fused-ring (bicyclic) bond motifs is 1. The van der Waals surface area contributed by atoms with Crippen molar-refractivity contribution in [3.8, 4) is 11.3 Å². The Labute approximate surface area is 283 Å². The topological polar surface area (TPSA) is 116 Å². The molecule has 2 aromatic carbocycles. The zero-order valence-electron chi connectivity index (χ0n) is 29.6. The minimum absolute atomic E-state index is 0.108. The first kappa shape index (κ1) is 34.7. The van der Waals surface area contributed by atoms with Crippen LogP contribution < -0.4 is 0 Å². The molecule has 0 aliphatic carbocycles. The number of rotatable bonds is 9. The zero-order valence-corrected chi connectivity index (χ0v) is 29.6. The van der Waals surface area contributed by atoms with Gasteiger partial charge in [0.05, 0.1) is 35.0 Å². The van der Waals surface area contributed by atoms with Crippen molar-refractivity contribution in [3.05, 3.63) is 77.5 Å². The van der Waals surface area contributed by atoms with Crippen molar-refractivity contribution in [3.63, 3.8) is 0 Å². The minimum atomic E-state index is -0.561. The number of hydrogen-bond acceptors (Lipinski definition) is 6. The van der Waals surface area contributed by atoms with Crippen molar-refractivity contribution < 1.29 is 19.1 Å². The van der Waals surface area contributed by atoms with E-state index < -0.39 is 11.2 Å². The van der Waals surface area contributed by atoms with E-state index in [0.29, 0.717) is 13.1 Å². The Hall–Kier alpha value is -4.60. The van der Waals surface area contributed by atoms with Crippen LogP contribution in [0.1, 0.15) is 110 Å². The van der Waals surface area contributed by atoms with Gasteiger partial charge in [0.1, 0.15) is 22.9 Å². The van der Waals surface area contributed by atoms with Crippen molar-refractivity contribution >= 4 is 29.3 Å². The molecule has 10 nitrogen and oxygen atoms in total. The molecule has 1 fully saturated rings. The summed E-state index contributed by atoms with van der Waals surface area (Å²) in [5.74, 6) is 1.53. The van der Waals surface area contributed by atoms with E-state index in [1.165, 1.54) is 5.56 Å². The number of carbonyl (C=O) groups excluding carboxylic acids is 2. The smallest absolute Gasteiger partial charge is 0.410 e. The number of ether oxygens (including phenoxy) is 2. The fourth-order valence-corrected chi connectivity index (χ4v) is 5.90. The minimum Gasteiger partial charge on any atom is -0.444 e. The number of amides is 2. The predicted octanol–water partition coefficient (Wildman–Crippen LogP) is 8.99. The second kappa shape index (κ2) is 14.3. The molecule has 0 unspecified atom stereocenters. The van der Waals surface area contributed by atoms with Crippen LogP contribution in [0.15, 0.2) is 54.7 Å². The van der Waals surface area contributed by atoms with Gasteiger partial charge in [-0.2, -0.15) is 0 Å². The number of hydrogen-bond donors (Lipinski definition) is 2. The third-order valence-electron chi connectivity index (χ3n) is 8.20. The normalized spacial score (nSPS) is 16.1. The van der Waals surface area contributed by atoms with Crippen LogP contribution in [0.2, 0.25) is 0 Å². The molecule has 0 bridgehead atoms. The lowest BCUT2D eigenvalue weighted by Crippen LogP contribution is -2.39. The number of aromatic amines is 2. The average molecular weight is 655 g/mol. The van der Waals surface area contributed by atoms with Gasteiger partial charge < -0.3 is 19.4 Å². The average Bonchev–Trinajstić information content (AvgIpc) is 3.77. The van der Waals surface area contributed by atoms with Gasteiger partial charge in [-0.3, -0.25) is 9.80 Å². The Kier molecular flexibility index (Phi) is 10.3. The monoisotopic (exact) mass is 654 g/mol. The van der Waals surface area contributed by atoms with E-state index in [0.717, 1.165) is 65.2 Å². The maximum absolute atomic E-state index is 12.9. The van der Waals surface area contributed by atoms with Crippen molar-refractivity contribution in [2.75, 3.05) is 13.1 Å². The molecule has 2 aromatic heterocycles. The molecule has 48 heavy (non-hydrogen) atoms. The number of nitrogens with zero attached hydrogens (tertiary/aromatic N) is 4. The number of aromatic nitrogens is 4. The second-order valence-electron chi connectivity index (χ2n) is 14.6. The number of H-pyrrole nitrogens is 2.